The fourth-order valence-corrected chi connectivity index (χ4v) is 5.84. The van der Waals surface area contributed by atoms with Crippen molar-refractivity contribution in [2.75, 3.05) is 11.4 Å². The smallest absolute Gasteiger partial charge is 0.328 e. The minimum atomic E-state index is -1.82. The van der Waals surface area contributed by atoms with E-state index < -0.39 is 58.5 Å². The summed E-state index contributed by atoms with van der Waals surface area (Å²) in [4.78, 5) is 57.3. The highest BCUT2D eigenvalue weighted by Gasteiger charge is 2.63. The number of imide groups is 2. The molecule has 2 aromatic rings. The molecule has 5 amide bonds. The average Bonchev–Trinajstić information content (AvgIpc) is 2.87. The molecular weight excluding hydrogens is 516 g/mol. The first-order valence-corrected chi connectivity index (χ1v) is 12.3. The number of aromatic nitrogens is 1. The number of hydrogen-bond acceptors (Lipinski definition) is 9. The minimum absolute atomic E-state index is 0.126. The largest absolute Gasteiger partial charge is 0.504 e. The lowest BCUT2D eigenvalue weighted by Crippen LogP contribution is -2.75. The first-order chi connectivity index (χ1) is 18.0. The number of anilines is 1. The van der Waals surface area contributed by atoms with Crippen LogP contribution in [0.4, 0.5) is 10.5 Å². The van der Waals surface area contributed by atoms with Crippen molar-refractivity contribution >= 4 is 46.8 Å². The van der Waals surface area contributed by atoms with Crippen LogP contribution in [0.2, 0.25) is 5.02 Å². The molecule has 3 atom stereocenters. The third kappa shape index (κ3) is 3.96. The van der Waals surface area contributed by atoms with Crippen molar-refractivity contribution in [1.82, 2.24) is 20.9 Å². The van der Waals surface area contributed by atoms with E-state index in [1.807, 2.05) is 18.2 Å². The van der Waals surface area contributed by atoms with Crippen LogP contribution in [0.1, 0.15) is 30.8 Å². The van der Waals surface area contributed by atoms with E-state index in [0.29, 0.717) is 0 Å². The lowest BCUT2D eigenvalue weighted by Gasteiger charge is -2.55. The van der Waals surface area contributed by atoms with Gasteiger partial charge in [-0.1, -0.05) is 41.9 Å². The predicted molar refractivity (Wildman–Crippen MR) is 135 cm³/mol. The molecule has 1 aromatic carbocycles. The van der Waals surface area contributed by atoms with E-state index in [-0.39, 0.29) is 42.0 Å². The highest BCUT2D eigenvalue weighted by molar-refractivity contribution is 6.45. The molecule has 1 aromatic heterocycles. The number of pyridine rings is 1. The second kappa shape index (κ2) is 9.37. The standard InChI is InChI=1S/C25H25ClN6O6/c1-11-10-32-18-14(8-25(20(32)12(2)38-11)22(35)30-24(37)31-23(25)36)29-17(19(33)15(18)26)16(27)21(34)28-9-13-6-4-3-5-7-13/h3-7,11-12,20,27,33H,8-10H2,1-2H3,(H,28,34)(H2,30,31,35,36,37)/t11-,12+,20?/m1/s1. The first-order valence-electron chi connectivity index (χ1n) is 12.0. The fourth-order valence-electron chi connectivity index (χ4n) is 5.53. The molecule has 2 saturated heterocycles. The molecule has 1 unspecified atom stereocenters. The summed E-state index contributed by atoms with van der Waals surface area (Å²) in [7, 11) is 0. The molecule has 0 aliphatic carbocycles. The maximum absolute atomic E-state index is 13.3. The Hall–Kier alpha value is -4.03. The lowest BCUT2D eigenvalue weighted by atomic mass is 9.67. The number of halogens is 1. The Morgan fingerprint density at radius 2 is 1.89 bits per heavy atom. The van der Waals surface area contributed by atoms with Crippen LogP contribution < -0.4 is 20.9 Å². The van der Waals surface area contributed by atoms with Crippen molar-refractivity contribution in [3.05, 3.63) is 52.3 Å². The first kappa shape index (κ1) is 25.6. The molecular formula is C25H25ClN6O6. The Morgan fingerprint density at radius 1 is 1.24 bits per heavy atom. The van der Waals surface area contributed by atoms with E-state index in [2.05, 4.69) is 20.9 Å². The number of nitrogens with zero attached hydrogens (tertiary/aromatic N) is 2. The van der Waals surface area contributed by atoms with E-state index in [9.17, 15) is 24.3 Å². The van der Waals surface area contributed by atoms with Gasteiger partial charge in [-0.3, -0.25) is 30.4 Å². The van der Waals surface area contributed by atoms with Crippen LogP contribution in [0.15, 0.2) is 30.3 Å². The van der Waals surface area contributed by atoms with Crippen LogP contribution in [-0.4, -0.2) is 64.3 Å². The third-order valence-electron chi connectivity index (χ3n) is 7.10. The van der Waals surface area contributed by atoms with Crippen molar-refractivity contribution in [2.24, 2.45) is 5.41 Å². The number of carbonyl (C=O) groups excluding carboxylic acids is 4. The van der Waals surface area contributed by atoms with Gasteiger partial charge in [0.2, 0.25) is 11.8 Å². The van der Waals surface area contributed by atoms with E-state index in [0.717, 1.165) is 5.56 Å². The van der Waals surface area contributed by atoms with Crippen LogP contribution in [0.25, 0.3) is 0 Å². The molecule has 0 bridgehead atoms. The summed E-state index contributed by atoms with van der Waals surface area (Å²) in [5.74, 6) is -3.01. The zero-order valence-corrected chi connectivity index (χ0v) is 21.3. The summed E-state index contributed by atoms with van der Waals surface area (Å²) in [5, 5.41) is 26.1. The molecule has 4 heterocycles. The highest BCUT2D eigenvalue weighted by Crippen LogP contribution is 2.50. The molecule has 198 valence electrons. The van der Waals surface area contributed by atoms with Gasteiger partial charge < -0.3 is 20.1 Å². The summed E-state index contributed by atoms with van der Waals surface area (Å²) in [5.41, 5.74) is -1.64. The number of morpholine rings is 1. The number of hydrogen-bond donors (Lipinski definition) is 5. The zero-order chi connectivity index (χ0) is 27.4. The molecule has 3 aliphatic rings. The maximum atomic E-state index is 13.3. The average molecular weight is 541 g/mol. The van der Waals surface area contributed by atoms with Gasteiger partial charge in [-0.2, -0.15) is 0 Å². The number of ether oxygens (including phenoxy) is 1. The monoisotopic (exact) mass is 540 g/mol. The number of urea groups is 1. The number of carbonyl (C=O) groups is 4. The highest BCUT2D eigenvalue weighted by atomic mass is 35.5. The molecule has 38 heavy (non-hydrogen) atoms. The van der Waals surface area contributed by atoms with E-state index in [4.69, 9.17) is 21.7 Å². The number of amides is 5. The number of rotatable bonds is 4. The number of fused-ring (bicyclic) bond motifs is 4. The third-order valence-corrected chi connectivity index (χ3v) is 7.46. The maximum Gasteiger partial charge on any atom is 0.328 e. The van der Waals surface area contributed by atoms with Gasteiger partial charge in [0, 0.05) is 19.5 Å². The Bertz CT molecular complexity index is 1360. The molecule has 0 radical (unpaired) electrons. The van der Waals surface area contributed by atoms with Gasteiger partial charge >= 0.3 is 6.03 Å². The number of barbiturate groups is 1. The normalized spacial score (nSPS) is 23.7. The number of nitrogens with one attached hydrogen (secondary N) is 4. The quantitative estimate of drug-likeness (QED) is 0.282. The number of benzene rings is 1. The molecule has 3 aliphatic heterocycles. The molecule has 0 saturated carbocycles. The Morgan fingerprint density at radius 3 is 2.55 bits per heavy atom. The van der Waals surface area contributed by atoms with Crippen molar-refractivity contribution < 1.29 is 29.0 Å². The molecule has 12 nitrogen and oxygen atoms in total. The van der Waals surface area contributed by atoms with E-state index in [1.54, 1.807) is 30.9 Å². The molecule has 5 N–H and O–H groups in total. The van der Waals surface area contributed by atoms with Crippen LogP contribution in [0.5, 0.6) is 5.75 Å². The van der Waals surface area contributed by atoms with Crippen molar-refractivity contribution in [1.29, 1.82) is 5.41 Å². The molecule has 13 heteroatoms. The minimum Gasteiger partial charge on any atom is -0.504 e. The summed E-state index contributed by atoms with van der Waals surface area (Å²) in [6, 6.07) is 7.25. The Balaban J connectivity index is 1.57. The van der Waals surface area contributed by atoms with Crippen LogP contribution in [-0.2, 0) is 32.1 Å². The molecule has 2 fully saturated rings. The van der Waals surface area contributed by atoms with Crippen LogP contribution in [0.3, 0.4) is 0 Å². The summed E-state index contributed by atoms with van der Waals surface area (Å²) >= 11 is 6.62. The second-order valence-corrected chi connectivity index (χ2v) is 9.97. The fraction of sp³-hybridized carbons (Fsp3) is 0.360. The van der Waals surface area contributed by atoms with Gasteiger partial charge in [-0.25, -0.2) is 9.78 Å². The predicted octanol–water partition coefficient (Wildman–Crippen LogP) is 1.02. The lowest BCUT2D eigenvalue weighted by molar-refractivity contribution is -0.153. The molecule has 1 spiro atoms. The van der Waals surface area contributed by atoms with E-state index >= 15 is 0 Å². The zero-order valence-electron chi connectivity index (χ0n) is 20.5. The Kier molecular flexibility index (Phi) is 6.32. The Labute approximate surface area is 222 Å². The summed E-state index contributed by atoms with van der Waals surface area (Å²) in [6.07, 6.45) is -1.28. The van der Waals surface area contributed by atoms with Crippen LogP contribution in [0, 0.1) is 10.8 Å². The van der Waals surface area contributed by atoms with Crippen molar-refractivity contribution in [2.45, 2.75) is 45.1 Å². The number of aromatic hydroxyl groups is 1. The van der Waals surface area contributed by atoms with Gasteiger partial charge in [-0.15, -0.1) is 0 Å². The van der Waals surface area contributed by atoms with Gasteiger partial charge in [0.05, 0.1) is 29.6 Å². The van der Waals surface area contributed by atoms with Gasteiger partial charge in [0.1, 0.15) is 16.4 Å². The van der Waals surface area contributed by atoms with Gasteiger partial charge in [0.15, 0.2) is 11.2 Å². The summed E-state index contributed by atoms with van der Waals surface area (Å²) < 4.78 is 5.95. The van der Waals surface area contributed by atoms with Crippen LogP contribution >= 0.6 is 11.6 Å². The molecule has 5 rings (SSSR count). The SMILES string of the molecule is C[C@@H]1CN2c3c(nc(C(=N)C(=O)NCc4ccccc4)c(O)c3Cl)CC3(C(=O)NC(=O)NC3=O)C2[C@H](C)O1. The van der Waals surface area contributed by atoms with Gasteiger partial charge in [-0.05, 0) is 19.4 Å². The topological polar surface area (TPSA) is 174 Å². The summed E-state index contributed by atoms with van der Waals surface area (Å²) in [6.45, 7) is 3.86. The van der Waals surface area contributed by atoms with Gasteiger partial charge in [0.25, 0.3) is 5.91 Å². The van der Waals surface area contributed by atoms with Crippen molar-refractivity contribution in [3.8, 4) is 5.75 Å². The van der Waals surface area contributed by atoms with E-state index in [1.165, 1.54) is 0 Å². The van der Waals surface area contributed by atoms with Crippen molar-refractivity contribution in [3.63, 3.8) is 0 Å². The second-order valence-electron chi connectivity index (χ2n) is 9.60.